The molecule has 0 aliphatic carbocycles. The Morgan fingerprint density at radius 1 is 1.24 bits per heavy atom. The number of rotatable bonds is 7. The van der Waals surface area contributed by atoms with Crippen LogP contribution in [0, 0.1) is 0 Å². The number of nitrogens with zero attached hydrogens (tertiary/aromatic N) is 1. The fourth-order valence-corrected chi connectivity index (χ4v) is 2.93. The van der Waals surface area contributed by atoms with E-state index in [2.05, 4.69) is 5.32 Å². The SMILES string of the molecule is CCOC(CN1C(=O)NC(C)(C)C1=O)(OCC)P(=O)(O)O. The molecule has 0 atom stereocenters. The minimum Gasteiger partial charge on any atom is -0.339 e. The fourth-order valence-electron chi connectivity index (χ4n) is 2.01. The van der Waals surface area contributed by atoms with Gasteiger partial charge in [0.05, 0.1) is 6.54 Å². The highest BCUT2D eigenvalue weighted by Crippen LogP contribution is 2.52. The molecule has 0 aromatic heterocycles. The van der Waals surface area contributed by atoms with Gasteiger partial charge in [-0.15, -0.1) is 0 Å². The van der Waals surface area contributed by atoms with Crippen molar-refractivity contribution in [2.45, 2.75) is 38.8 Å². The van der Waals surface area contributed by atoms with Gasteiger partial charge in [-0.05, 0) is 27.7 Å². The second-order valence-electron chi connectivity index (χ2n) is 5.07. The number of carbonyl (C=O) groups is 2. The Kier molecular flexibility index (Phi) is 5.18. The van der Waals surface area contributed by atoms with Crippen LogP contribution in [0.3, 0.4) is 0 Å². The Morgan fingerprint density at radius 2 is 1.71 bits per heavy atom. The normalized spacial score (nSPS) is 19.0. The largest absolute Gasteiger partial charge is 0.386 e. The van der Waals surface area contributed by atoms with Gasteiger partial charge in [-0.3, -0.25) is 14.3 Å². The average Bonchev–Trinajstić information content (AvgIpc) is 2.50. The van der Waals surface area contributed by atoms with Gasteiger partial charge in [-0.25, -0.2) is 4.79 Å². The maximum Gasteiger partial charge on any atom is 0.386 e. The first-order valence-corrected chi connectivity index (χ1v) is 8.09. The molecule has 3 N–H and O–H groups in total. The van der Waals surface area contributed by atoms with E-state index in [0.29, 0.717) is 4.90 Å². The number of carbonyl (C=O) groups excluding carboxylic acids is 2. The Labute approximate surface area is 122 Å². The van der Waals surface area contributed by atoms with E-state index < -0.39 is 37.1 Å². The van der Waals surface area contributed by atoms with Gasteiger partial charge in [0.1, 0.15) is 5.54 Å². The van der Waals surface area contributed by atoms with Crippen molar-refractivity contribution in [2.24, 2.45) is 0 Å². The van der Waals surface area contributed by atoms with Crippen LogP contribution in [0.2, 0.25) is 0 Å². The van der Waals surface area contributed by atoms with Crippen LogP contribution in [0.5, 0.6) is 0 Å². The predicted molar refractivity (Wildman–Crippen MR) is 72.4 cm³/mol. The zero-order valence-corrected chi connectivity index (χ0v) is 13.3. The van der Waals surface area contributed by atoms with E-state index in [0.717, 1.165) is 0 Å². The van der Waals surface area contributed by atoms with Gasteiger partial charge < -0.3 is 24.6 Å². The molecule has 1 aliphatic heterocycles. The van der Waals surface area contributed by atoms with Crippen LogP contribution in [-0.4, -0.2) is 57.5 Å². The molecule has 0 aromatic carbocycles. The van der Waals surface area contributed by atoms with Crippen molar-refractivity contribution >= 4 is 19.5 Å². The summed E-state index contributed by atoms with van der Waals surface area (Å²) < 4.78 is 22.0. The summed E-state index contributed by atoms with van der Waals surface area (Å²) in [6.45, 7) is 5.24. The molecule has 3 amide bonds. The van der Waals surface area contributed by atoms with Crippen molar-refractivity contribution in [2.75, 3.05) is 19.8 Å². The molecular formula is C11H21N2O7P. The molecular weight excluding hydrogens is 303 g/mol. The van der Waals surface area contributed by atoms with Gasteiger partial charge in [-0.2, -0.15) is 0 Å². The van der Waals surface area contributed by atoms with Crippen molar-refractivity contribution in [3.8, 4) is 0 Å². The minimum atomic E-state index is -4.91. The lowest BCUT2D eigenvalue weighted by atomic mass is 10.1. The molecule has 0 radical (unpaired) electrons. The van der Waals surface area contributed by atoms with E-state index in [-0.39, 0.29) is 13.2 Å². The third-order valence-electron chi connectivity index (χ3n) is 2.99. The highest BCUT2D eigenvalue weighted by Gasteiger charge is 2.56. The van der Waals surface area contributed by atoms with Gasteiger partial charge in [0.2, 0.25) is 0 Å². The van der Waals surface area contributed by atoms with Crippen molar-refractivity contribution in [3.05, 3.63) is 0 Å². The van der Waals surface area contributed by atoms with E-state index in [1.54, 1.807) is 0 Å². The van der Waals surface area contributed by atoms with Crippen LogP contribution < -0.4 is 5.32 Å². The zero-order valence-electron chi connectivity index (χ0n) is 12.5. The number of urea groups is 1. The predicted octanol–water partition coefficient (Wildman–Crippen LogP) is 0.221. The standard InChI is InChI=1S/C11H21N2O7P/c1-5-19-11(20-6-2,21(16,17)18)7-13-8(14)10(3,4)12-9(13)15/h5-7H2,1-4H3,(H,12,15)(H2,16,17,18). The van der Waals surface area contributed by atoms with Crippen LogP contribution in [0.15, 0.2) is 0 Å². The Bertz CT molecular complexity index is 467. The lowest BCUT2D eigenvalue weighted by Crippen LogP contribution is -2.50. The van der Waals surface area contributed by atoms with Gasteiger partial charge >= 0.3 is 13.6 Å². The van der Waals surface area contributed by atoms with E-state index in [1.807, 2.05) is 0 Å². The first kappa shape index (κ1) is 18.1. The molecule has 0 aromatic rings. The minimum absolute atomic E-state index is 0.0574. The summed E-state index contributed by atoms with van der Waals surface area (Å²) in [4.78, 5) is 43.8. The summed E-state index contributed by atoms with van der Waals surface area (Å²) in [6, 6.07) is -0.748. The second-order valence-corrected chi connectivity index (χ2v) is 6.84. The van der Waals surface area contributed by atoms with Crippen molar-refractivity contribution < 1.29 is 33.4 Å². The lowest BCUT2D eigenvalue weighted by Gasteiger charge is -2.35. The van der Waals surface area contributed by atoms with Crippen LogP contribution in [0.4, 0.5) is 4.79 Å². The quantitative estimate of drug-likeness (QED) is 0.347. The Morgan fingerprint density at radius 3 is 2.00 bits per heavy atom. The van der Waals surface area contributed by atoms with Crippen molar-refractivity contribution in [1.29, 1.82) is 0 Å². The van der Waals surface area contributed by atoms with Crippen LogP contribution in [-0.2, 0) is 18.8 Å². The monoisotopic (exact) mass is 324 g/mol. The number of nitrogens with one attached hydrogen (secondary N) is 1. The summed E-state index contributed by atoms with van der Waals surface area (Å²) in [5, 5.41) is 2.42. The summed E-state index contributed by atoms with van der Waals surface area (Å²) in [5.74, 6) is -0.607. The second kappa shape index (κ2) is 6.02. The number of amides is 3. The van der Waals surface area contributed by atoms with Crippen LogP contribution in [0.25, 0.3) is 0 Å². The maximum atomic E-state index is 12.1. The fraction of sp³-hybridized carbons (Fsp3) is 0.818. The van der Waals surface area contributed by atoms with Crippen molar-refractivity contribution in [3.63, 3.8) is 0 Å². The molecule has 0 saturated carbocycles. The highest BCUT2D eigenvalue weighted by molar-refractivity contribution is 7.53. The molecule has 0 unspecified atom stereocenters. The lowest BCUT2D eigenvalue weighted by molar-refractivity contribution is -0.192. The molecule has 122 valence electrons. The molecule has 1 saturated heterocycles. The van der Waals surface area contributed by atoms with Gasteiger partial charge in [0.15, 0.2) is 0 Å². The molecule has 0 spiro atoms. The Hall–Kier alpha value is -0.990. The topological polar surface area (TPSA) is 125 Å². The molecule has 1 aliphatic rings. The molecule has 0 bridgehead atoms. The highest BCUT2D eigenvalue weighted by atomic mass is 31.2. The van der Waals surface area contributed by atoms with Gasteiger partial charge in [0, 0.05) is 13.2 Å². The van der Waals surface area contributed by atoms with E-state index in [4.69, 9.17) is 9.47 Å². The third-order valence-corrected chi connectivity index (χ3v) is 4.27. The Balaban J connectivity index is 3.15. The molecule has 1 heterocycles. The maximum absolute atomic E-state index is 12.1. The first-order chi connectivity index (χ1) is 9.50. The van der Waals surface area contributed by atoms with Crippen molar-refractivity contribution in [1.82, 2.24) is 10.2 Å². The molecule has 21 heavy (non-hydrogen) atoms. The molecule has 1 fully saturated rings. The van der Waals surface area contributed by atoms with Gasteiger partial charge in [0.25, 0.3) is 11.4 Å². The van der Waals surface area contributed by atoms with E-state index >= 15 is 0 Å². The first-order valence-electron chi connectivity index (χ1n) is 6.48. The molecule has 1 rings (SSSR count). The zero-order chi connectivity index (χ0) is 16.5. The number of imide groups is 1. The number of hydrogen-bond acceptors (Lipinski definition) is 5. The summed E-state index contributed by atoms with van der Waals surface area (Å²) in [6.07, 6.45) is 0. The molecule has 9 nitrogen and oxygen atoms in total. The van der Waals surface area contributed by atoms with E-state index in [1.165, 1.54) is 27.7 Å². The van der Waals surface area contributed by atoms with Crippen LogP contribution >= 0.6 is 7.60 Å². The van der Waals surface area contributed by atoms with Crippen LogP contribution in [0.1, 0.15) is 27.7 Å². The van der Waals surface area contributed by atoms with Gasteiger partial charge in [-0.1, -0.05) is 0 Å². The average molecular weight is 324 g/mol. The smallest absolute Gasteiger partial charge is 0.339 e. The number of hydrogen-bond donors (Lipinski definition) is 3. The third kappa shape index (κ3) is 3.44. The number of ether oxygens (including phenoxy) is 2. The molecule has 10 heteroatoms. The van der Waals surface area contributed by atoms with E-state index in [9.17, 15) is 23.9 Å². The summed E-state index contributed by atoms with van der Waals surface area (Å²) >= 11 is 0. The summed E-state index contributed by atoms with van der Waals surface area (Å²) in [7, 11) is -4.91. The summed E-state index contributed by atoms with van der Waals surface area (Å²) in [5.41, 5.74) is -3.50.